The summed E-state index contributed by atoms with van der Waals surface area (Å²) in [6.07, 6.45) is 1.59. The Balaban J connectivity index is 1.83. The maximum atomic E-state index is 13.0. The number of benzene rings is 2. The number of non-ortho nitro benzene ring substituents is 1. The summed E-state index contributed by atoms with van der Waals surface area (Å²) in [5.74, 6) is 0.0159. The van der Waals surface area contributed by atoms with Crippen molar-refractivity contribution in [2.75, 3.05) is 0 Å². The number of hydrogen-bond donors (Lipinski definition) is 0. The van der Waals surface area contributed by atoms with Crippen LogP contribution in [0, 0.1) is 17.0 Å². The highest BCUT2D eigenvalue weighted by Crippen LogP contribution is 2.38. The SMILES string of the molecule is Cc1cnc2c(S(=O)(=O)Oc3ccc([N+](=O)[O-])cc3-c3cccs3)cccc2c1. The molecule has 0 aliphatic carbocycles. The topological polar surface area (TPSA) is 99.4 Å². The largest absolute Gasteiger partial charge is 0.378 e. The number of rotatable bonds is 5. The van der Waals surface area contributed by atoms with E-state index in [4.69, 9.17) is 4.18 Å². The molecule has 2 aromatic heterocycles. The summed E-state index contributed by atoms with van der Waals surface area (Å²) in [5.41, 5.74) is 1.39. The van der Waals surface area contributed by atoms with Crippen molar-refractivity contribution in [3.05, 3.63) is 81.9 Å². The molecule has 0 aliphatic heterocycles. The molecule has 2 heterocycles. The van der Waals surface area contributed by atoms with Gasteiger partial charge in [-0.2, -0.15) is 8.42 Å². The van der Waals surface area contributed by atoms with E-state index in [1.54, 1.807) is 35.8 Å². The molecule has 4 aromatic rings. The van der Waals surface area contributed by atoms with E-state index in [0.717, 1.165) is 5.56 Å². The number of hydrogen-bond acceptors (Lipinski definition) is 7. The summed E-state index contributed by atoms with van der Waals surface area (Å²) in [5, 5.41) is 13.6. The van der Waals surface area contributed by atoms with E-state index in [9.17, 15) is 18.5 Å². The van der Waals surface area contributed by atoms with Crippen LogP contribution < -0.4 is 4.18 Å². The number of thiophene rings is 1. The fourth-order valence-corrected chi connectivity index (χ4v) is 4.81. The Labute approximate surface area is 170 Å². The van der Waals surface area contributed by atoms with E-state index in [-0.39, 0.29) is 16.3 Å². The van der Waals surface area contributed by atoms with Gasteiger partial charge in [-0.3, -0.25) is 15.1 Å². The van der Waals surface area contributed by atoms with E-state index in [1.165, 1.54) is 35.6 Å². The van der Waals surface area contributed by atoms with Crippen molar-refractivity contribution in [1.29, 1.82) is 0 Å². The van der Waals surface area contributed by atoms with E-state index >= 15 is 0 Å². The predicted octanol–water partition coefficient (Wildman–Crippen LogP) is 4.95. The molecule has 4 rings (SSSR count). The summed E-state index contributed by atoms with van der Waals surface area (Å²) >= 11 is 1.33. The summed E-state index contributed by atoms with van der Waals surface area (Å²) in [7, 11) is -4.23. The first kappa shape index (κ1) is 19.0. The maximum Gasteiger partial charge on any atom is 0.341 e. The Morgan fingerprint density at radius 3 is 2.66 bits per heavy atom. The van der Waals surface area contributed by atoms with Gasteiger partial charge in [0.2, 0.25) is 0 Å². The third kappa shape index (κ3) is 3.69. The molecule has 0 aliphatic rings. The van der Waals surface area contributed by atoms with Gasteiger partial charge in [0, 0.05) is 34.2 Å². The lowest BCUT2D eigenvalue weighted by atomic mass is 10.1. The van der Waals surface area contributed by atoms with Crippen LogP contribution in [0.4, 0.5) is 5.69 Å². The number of para-hydroxylation sites is 1. The minimum atomic E-state index is -4.23. The van der Waals surface area contributed by atoms with E-state index in [1.807, 2.05) is 13.0 Å². The van der Waals surface area contributed by atoms with Crippen molar-refractivity contribution in [3.8, 4) is 16.2 Å². The number of aromatic nitrogens is 1. The standard InChI is InChI=1S/C20H14N2O5S2/c1-13-10-14-4-2-6-19(20(14)21-12-13)29(25,26)27-17-8-7-15(22(23)24)11-16(17)18-5-3-9-28-18/h2-12H,1H3. The van der Waals surface area contributed by atoms with Gasteiger partial charge in [0.05, 0.1) is 10.4 Å². The molecule has 0 fully saturated rings. The van der Waals surface area contributed by atoms with Crippen molar-refractivity contribution in [2.45, 2.75) is 11.8 Å². The van der Waals surface area contributed by atoms with Gasteiger partial charge in [0.25, 0.3) is 5.69 Å². The fourth-order valence-electron chi connectivity index (χ4n) is 2.94. The van der Waals surface area contributed by atoms with Gasteiger partial charge in [0.1, 0.15) is 4.90 Å². The molecule has 0 amide bonds. The first-order valence-corrected chi connectivity index (χ1v) is 10.8. The van der Waals surface area contributed by atoms with Crippen LogP contribution in [0.1, 0.15) is 5.56 Å². The molecule has 2 aromatic carbocycles. The van der Waals surface area contributed by atoms with Gasteiger partial charge in [-0.25, -0.2) is 0 Å². The smallest absolute Gasteiger partial charge is 0.341 e. The second-order valence-corrected chi connectivity index (χ2v) is 8.76. The molecule has 29 heavy (non-hydrogen) atoms. The molecule has 0 atom stereocenters. The summed E-state index contributed by atoms with van der Waals surface area (Å²) in [6.45, 7) is 1.87. The second-order valence-electron chi connectivity index (χ2n) is 6.29. The van der Waals surface area contributed by atoms with Crippen molar-refractivity contribution in [2.24, 2.45) is 0 Å². The minimum absolute atomic E-state index is 0.0159. The molecule has 0 N–H and O–H groups in total. The quantitative estimate of drug-likeness (QED) is 0.254. The average Bonchev–Trinajstić information content (AvgIpc) is 3.21. The van der Waals surface area contributed by atoms with Gasteiger partial charge in [-0.15, -0.1) is 11.3 Å². The van der Waals surface area contributed by atoms with Crippen LogP contribution in [0.15, 0.2) is 71.1 Å². The molecular weight excluding hydrogens is 412 g/mol. The van der Waals surface area contributed by atoms with E-state index < -0.39 is 15.0 Å². The number of pyridine rings is 1. The maximum absolute atomic E-state index is 13.0. The normalized spacial score (nSPS) is 11.5. The Kier molecular flexibility index (Phi) is 4.77. The van der Waals surface area contributed by atoms with Crippen LogP contribution >= 0.6 is 11.3 Å². The summed E-state index contributed by atoms with van der Waals surface area (Å²) in [6, 6.07) is 14.0. The van der Waals surface area contributed by atoms with Crippen molar-refractivity contribution in [3.63, 3.8) is 0 Å². The molecule has 0 bridgehead atoms. The molecule has 0 radical (unpaired) electrons. The molecule has 9 heteroatoms. The molecule has 0 saturated heterocycles. The lowest BCUT2D eigenvalue weighted by Crippen LogP contribution is -2.11. The Hall–Kier alpha value is -3.30. The molecule has 7 nitrogen and oxygen atoms in total. The second kappa shape index (κ2) is 7.26. The molecular formula is C20H14N2O5S2. The van der Waals surface area contributed by atoms with Crippen molar-refractivity contribution < 1.29 is 17.5 Å². The Bertz CT molecular complexity index is 1330. The van der Waals surface area contributed by atoms with Crippen LogP contribution in [0.5, 0.6) is 5.75 Å². The van der Waals surface area contributed by atoms with Crippen LogP contribution in [0.25, 0.3) is 21.3 Å². The zero-order valence-corrected chi connectivity index (χ0v) is 16.7. The summed E-state index contributed by atoms with van der Waals surface area (Å²) in [4.78, 5) is 15.5. The van der Waals surface area contributed by atoms with Crippen LogP contribution in [0.2, 0.25) is 0 Å². The lowest BCUT2D eigenvalue weighted by Gasteiger charge is -2.12. The minimum Gasteiger partial charge on any atom is -0.378 e. The fraction of sp³-hybridized carbons (Fsp3) is 0.0500. The van der Waals surface area contributed by atoms with Crippen LogP contribution in [0.3, 0.4) is 0 Å². The van der Waals surface area contributed by atoms with E-state index in [2.05, 4.69) is 4.98 Å². The van der Waals surface area contributed by atoms with Gasteiger partial charge in [-0.1, -0.05) is 18.2 Å². The molecule has 0 unspecified atom stereocenters. The Morgan fingerprint density at radius 2 is 1.93 bits per heavy atom. The highest BCUT2D eigenvalue weighted by Gasteiger charge is 2.24. The van der Waals surface area contributed by atoms with Crippen LogP contribution in [-0.2, 0) is 10.1 Å². The van der Waals surface area contributed by atoms with Gasteiger partial charge in [-0.05, 0) is 42.1 Å². The zero-order chi connectivity index (χ0) is 20.6. The number of aryl methyl sites for hydroxylation is 1. The highest BCUT2D eigenvalue weighted by atomic mass is 32.2. The van der Waals surface area contributed by atoms with Gasteiger partial charge < -0.3 is 4.18 Å². The molecule has 146 valence electrons. The number of fused-ring (bicyclic) bond motifs is 1. The average molecular weight is 426 g/mol. The Morgan fingerprint density at radius 1 is 1.10 bits per heavy atom. The lowest BCUT2D eigenvalue weighted by molar-refractivity contribution is -0.384. The molecule has 0 spiro atoms. The monoisotopic (exact) mass is 426 g/mol. The van der Waals surface area contributed by atoms with E-state index in [0.29, 0.717) is 21.3 Å². The molecule has 0 saturated carbocycles. The van der Waals surface area contributed by atoms with Gasteiger partial charge in [0.15, 0.2) is 5.75 Å². The number of nitro benzene ring substituents is 1. The third-order valence-corrected chi connectivity index (χ3v) is 6.41. The third-order valence-electron chi connectivity index (χ3n) is 4.24. The van der Waals surface area contributed by atoms with Crippen LogP contribution in [-0.4, -0.2) is 18.3 Å². The first-order chi connectivity index (χ1) is 13.8. The predicted molar refractivity (Wildman–Crippen MR) is 111 cm³/mol. The van der Waals surface area contributed by atoms with Crippen molar-refractivity contribution in [1.82, 2.24) is 4.98 Å². The number of nitrogens with zero attached hydrogens (tertiary/aromatic N) is 2. The number of nitro groups is 1. The first-order valence-electron chi connectivity index (χ1n) is 8.47. The van der Waals surface area contributed by atoms with Gasteiger partial charge >= 0.3 is 10.1 Å². The summed E-state index contributed by atoms with van der Waals surface area (Å²) < 4.78 is 31.5. The van der Waals surface area contributed by atoms with Crippen molar-refractivity contribution >= 4 is 38.0 Å². The highest BCUT2D eigenvalue weighted by molar-refractivity contribution is 7.87. The zero-order valence-electron chi connectivity index (χ0n) is 15.1.